The van der Waals surface area contributed by atoms with Crippen LogP contribution in [0.25, 0.3) is 0 Å². The average Bonchev–Trinajstić information content (AvgIpc) is 2.84. The highest BCUT2D eigenvalue weighted by atomic mass is 35.5. The first-order chi connectivity index (χ1) is 11.2. The van der Waals surface area contributed by atoms with E-state index in [-0.39, 0.29) is 18.2 Å². The number of nitrogens with one attached hydrogen (secondary N) is 1. The maximum atomic E-state index is 12.4. The van der Waals surface area contributed by atoms with Gasteiger partial charge < -0.3 is 5.32 Å². The third-order valence-electron chi connectivity index (χ3n) is 3.90. The van der Waals surface area contributed by atoms with Crippen molar-refractivity contribution >= 4 is 29.1 Å². The van der Waals surface area contributed by atoms with Crippen LogP contribution >= 0.6 is 11.6 Å². The predicted molar refractivity (Wildman–Crippen MR) is 90.5 cm³/mol. The summed E-state index contributed by atoms with van der Waals surface area (Å²) in [6.07, 6.45) is 0.902. The molecule has 0 aliphatic carbocycles. The van der Waals surface area contributed by atoms with Gasteiger partial charge in [0.15, 0.2) is 0 Å². The Bertz CT molecular complexity index is 718. The van der Waals surface area contributed by atoms with Gasteiger partial charge in [0.2, 0.25) is 5.91 Å². The number of anilines is 1. The van der Waals surface area contributed by atoms with Crippen molar-refractivity contribution < 1.29 is 9.59 Å². The molecule has 118 valence electrons. The van der Waals surface area contributed by atoms with Crippen LogP contribution in [0.15, 0.2) is 54.6 Å². The van der Waals surface area contributed by atoms with E-state index in [4.69, 9.17) is 11.6 Å². The molecule has 1 N–H and O–H groups in total. The maximum absolute atomic E-state index is 12.4. The van der Waals surface area contributed by atoms with E-state index in [1.54, 1.807) is 12.1 Å². The summed E-state index contributed by atoms with van der Waals surface area (Å²) in [6, 6.07) is 16.2. The molecular formula is C18H17ClN2O2. The highest BCUT2D eigenvalue weighted by Crippen LogP contribution is 2.22. The van der Waals surface area contributed by atoms with Crippen LogP contribution in [-0.2, 0) is 16.0 Å². The molecule has 0 bridgehead atoms. The number of para-hydroxylation sites is 1. The lowest BCUT2D eigenvalue weighted by Crippen LogP contribution is -2.39. The Labute approximate surface area is 140 Å². The van der Waals surface area contributed by atoms with Crippen molar-refractivity contribution in [3.8, 4) is 0 Å². The Kier molecular flexibility index (Phi) is 4.74. The Morgan fingerprint density at radius 2 is 1.74 bits per heavy atom. The van der Waals surface area contributed by atoms with Gasteiger partial charge in [-0.2, -0.15) is 0 Å². The first kappa shape index (κ1) is 15.7. The second-order valence-electron chi connectivity index (χ2n) is 5.46. The van der Waals surface area contributed by atoms with Gasteiger partial charge >= 0.3 is 0 Å². The fourth-order valence-electron chi connectivity index (χ4n) is 2.72. The van der Waals surface area contributed by atoms with E-state index in [1.807, 2.05) is 42.5 Å². The maximum Gasteiger partial charge on any atom is 0.251 e. The SMILES string of the molecule is O=C1C[C@H](NCCc2ccccc2Cl)C(=O)N1c1ccccc1. The number of hydrogen-bond donors (Lipinski definition) is 1. The van der Waals surface area contributed by atoms with Crippen LogP contribution in [0.3, 0.4) is 0 Å². The van der Waals surface area contributed by atoms with Crippen molar-refractivity contribution in [3.63, 3.8) is 0 Å². The molecular weight excluding hydrogens is 312 g/mol. The predicted octanol–water partition coefficient (Wildman–Crippen LogP) is 2.80. The molecule has 0 saturated carbocycles. The summed E-state index contributed by atoms with van der Waals surface area (Å²) in [5.74, 6) is -0.364. The van der Waals surface area contributed by atoms with E-state index in [9.17, 15) is 9.59 Å². The van der Waals surface area contributed by atoms with Gasteiger partial charge in [-0.3, -0.25) is 9.59 Å². The number of carbonyl (C=O) groups is 2. The second-order valence-corrected chi connectivity index (χ2v) is 5.86. The van der Waals surface area contributed by atoms with Crippen molar-refractivity contribution in [3.05, 3.63) is 65.2 Å². The molecule has 2 aromatic carbocycles. The highest BCUT2D eigenvalue weighted by molar-refractivity contribution is 6.31. The standard InChI is InChI=1S/C18H17ClN2O2/c19-15-9-5-4-6-13(15)10-11-20-16-12-17(22)21(18(16)23)14-7-2-1-3-8-14/h1-9,16,20H,10-12H2/t16-/m0/s1. The zero-order valence-corrected chi connectivity index (χ0v) is 13.3. The minimum Gasteiger partial charge on any atom is -0.305 e. The van der Waals surface area contributed by atoms with Crippen LogP contribution in [-0.4, -0.2) is 24.4 Å². The summed E-state index contributed by atoms with van der Waals surface area (Å²) < 4.78 is 0. The minimum absolute atomic E-state index is 0.170. The Morgan fingerprint density at radius 3 is 2.48 bits per heavy atom. The zero-order valence-electron chi connectivity index (χ0n) is 12.5. The Morgan fingerprint density at radius 1 is 1.04 bits per heavy atom. The van der Waals surface area contributed by atoms with E-state index in [2.05, 4.69) is 5.32 Å². The van der Waals surface area contributed by atoms with Gasteiger partial charge in [-0.25, -0.2) is 4.90 Å². The summed E-state index contributed by atoms with van der Waals surface area (Å²) in [6.45, 7) is 0.593. The zero-order chi connectivity index (χ0) is 16.2. The van der Waals surface area contributed by atoms with Crippen molar-refractivity contribution in [2.75, 3.05) is 11.4 Å². The fraction of sp³-hybridized carbons (Fsp3) is 0.222. The van der Waals surface area contributed by atoms with Crippen LogP contribution < -0.4 is 10.2 Å². The second kappa shape index (κ2) is 6.94. The monoisotopic (exact) mass is 328 g/mol. The van der Waals surface area contributed by atoms with E-state index >= 15 is 0 Å². The van der Waals surface area contributed by atoms with Crippen molar-refractivity contribution in [1.82, 2.24) is 5.32 Å². The number of carbonyl (C=O) groups excluding carboxylic acids is 2. The molecule has 2 aromatic rings. The molecule has 23 heavy (non-hydrogen) atoms. The fourth-order valence-corrected chi connectivity index (χ4v) is 2.95. The number of nitrogens with zero attached hydrogens (tertiary/aromatic N) is 1. The molecule has 0 radical (unpaired) electrons. The van der Waals surface area contributed by atoms with Gasteiger partial charge in [-0.05, 0) is 36.7 Å². The molecule has 3 rings (SSSR count). The topological polar surface area (TPSA) is 49.4 Å². The normalized spacial score (nSPS) is 17.8. The number of halogens is 1. The lowest BCUT2D eigenvalue weighted by molar-refractivity contribution is -0.121. The van der Waals surface area contributed by atoms with Crippen LogP contribution in [0.4, 0.5) is 5.69 Å². The van der Waals surface area contributed by atoms with Crippen LogP contribution in [0, 0.1) is 0 Å². The van der Waals surface area contributed by atoms with Gasteiger partial charge in [0, 0.05) is 5.02 Å². The quantitative estimate of drug-likeness (QED) is 0.859. The third kappa shape index (κ3) is 3.44. The number of amides is 2. The van der Waals surface area contributed by atoms with E-state index < -0.39 is 6.04 Å². The molecule has 0 aromatic heterocycles. The van der Waals surface area contributed by atoms with Crippen molar-refractivity contribution in [1.29, 1.82) is 0 Å². The van der Waals surface area contributed by atoms with Crippen molar-refractivity contribution in [2.45, 2.75) is 18.9 Å². The Hall–Kier alpha value is -2.17. The molecule has 1 heterocycles. The van der Waals surface area contributed by atoms with Crippen LogP contribution in [0.5, 0.6) is 0 Å². The van der Waals surface area contributed by atoms with Gasteiger partial charge in [0.05, 0.1) is 18.2 Å². The molecule has 0 unspecified atom stereocenters. The average molecular weight is 329 g/mol. The van der Waals surface area contributed by atoms with E-state index in [1.165, 1.54) is 4.90 Å². The summed E-state index contributed by atoms with van der Waals surface area (Å²) in [5.41, 5.74) is 1.65. The summed E-state index contributed by atoms with van der Waals surface area (Å²) in [7, 11) is 0. The first-order valence-electron chi connectivity index (χ1n) is 7.55. The van der Waals surface area contributed by atoms with E-state index in [0.29, 0.717) is 23.7 Å². The number of benzene rings is 2. The lowest BCUT2D eigenvalue weighted by atomic mass is 10.1. The Balaban J connectivity index is 1.61. The number of imide groups is 1. The van der Waals surface area contributed by atoms with Gasteiger partial charge in [-0.15, -0.1) is 0 Å². The first-order valence-corrected chi connectivity index (χ1v) is 7.93. The van der Waals surface area contributed by atoms with Crippen LogP contribution in [0.2, 0.25) is 5.02 Å². The minimum atomic E-state index is -0.467. The number of rotatable bonds is 5. The summed E-state index contributed by atoms with van der Waals surface area (Å²) in [5, 5.41) is 3.88. The molecule has 2 amide bonds. The molecule has 1 atom stereocenters. The van der Waals surface area contributed by atoms with E-state index in [0.717, 1.165) is 5.56 Å². The molecule has 5 heteroatoms. The molecule has 1 aliphatic heterocycles. The van der Waals surface area contributed by atoms with Gasteiger partial charge in [-0.1, -0.05) is 48.0 Å². The lowest BCUT2D eigenvalue weighted by Gasteiger charge is -2.15. The summed E-state index contributed by atoms with van der Waals surface area (Å²) >= 11 is 6.12. The molecule has 0 spiro atoms. The van der Waals surface area contributed by atoms with Crippen molar-refractivity contribution in [2.24, 2.45) is 0 Å². The smallest absolute Gasteiger partial charge is 0.251 e. The summed E-state index contributed by atoms with van der Waals surface area (Å²) in [4.78, 5) is 25.8. The third-order valence-corrected chi connectivity index (χ3v) is 4.27. The molecule has 4 nitrogen and oxygen atoms in total. The highest BCUT2D eigenvalue weighted by Gasteiger charge is 2.38. The van der Waals surface area contributed by atoms with Crippen LogP contribution in [0.1, 0.15) is 12.0 Å². The number of hydrogen-bond acceptors (Lipinski definition) is 3. The molecule has 1 fully saturated rings. The molecule has 1 aliphatic rings. The van der Waals surface area contributed by atoms with Gasteiger partial charge in [0.25, 0.3) is 5.91 Å². The largest absolute Gasteiger partial charge is 0.305 e. The molecule has 1 saturated heterocycles. The van der Waals surface area contributed by atoms with Gasteiger partial charge in [0.1, 0.15) is 0 Å².